The molecule has 0 fully saturated rings. The first-order valence-corrected chi connectivity index (χ1v) is 18.5. The summed E-state index contributed by atoms with van der Waals surface area (Å²) in [6.45, 7) is 4.69. The molecule has 0 spiro atoms. The molecule has 4 nitrogen and oxygen atoms in total. The van der Waals surface area contributed by atoms with Gasteiger partial charge in [0.1, 0.15) is 0 Å². The van der Waals surface area contributed by atoms with Crippen LogP contribution in [0.5, 0.6) is 0 Å². The van der Waals surface area contributed by atoms with E-state index in [9.17, 15) is 0 Å². The molecule has 54 heavy (non-hydrogen) atoms. The monoisotopic (exact) mass is 690 g/mol. The van der Waals surface area contributed by atoms with Gasteiger partial charge in [-0.05, 0) is 67.6 Å². The van der Waals surface area contributed by atoms with E-state index in [1.807, 2.05) is 18.2 Å². The van der Waals surface area contributed by atoms with Crippen molar-refractivity contribution in [1.29, 1.82) is 0 Å². The minimum Gasteiger partial charge on any atom is -0.277 e. The molecule has 0 N–H and O–H groups in total. The first kappa shape index (κ1) is 30.7. The summed E-state index contributed by atoms with van der Waals surface area (Å²) >= 11 is 0. The summed E-state index contributed by atoms with van der Waals surface area (Å²) in [7, 11) is 0. The Morgan fingerprint density at radius 2 is 1.07 bits per heavy atom. The molecule has 0 radical (unpaired) electrons. The fourth-order valence-electron chi connectivity index (χ4n) is 8.79. The lowest BCUT2D eigenvalue weighted by Crippen LogP contribution is -2.14. The van der Waals surface area contributed by atoms with Crippen molar-refractivity contribution in [2.45, 2.75) is 19.3 Å². The van der Waals surface area contributed by atoms with Gasteiger partial charge in [-0.15, -0.1) is 0 Å². The highest BCUT2D eigenvalue weighted by Crippen LogP contribution is 2.50. The molecule has 10 aromatic rings. The molecule has 0 unspecified atom stereocenters. The minimum atomic E-state index is -0.119. The lowest BCUT2D eigenvalue weighted by atomic mass is 9.81. The zero-order valence-corrected chi connectivity index (χ0v) is 30.0. The van der Waals surface area contributed by atoms with E-state index in [-0.39, 0.29) is 5.41 Å². The number of hydrogen-bond donors (Lipinski definition) is 0. The molecule has 2 heterocycles. The number of hydrogen-bond acceptors (Lipinski definition) is 3. The van der Waals surface area contributed by atoms with E-state index in [2.05, 4.69) is 170 Å². The summed E-state index contributed by atoms with van der Waals surface area (Å²) in [5.41, 5.74) is 11.5. The molecule has 1 aliphatic carbocycles. The van der Waals surface area contributed by atoms with Gasteiger partial charge in [0.25, 0.3) is 0 Å². The van der Waals surface area contributed by atoms with Crippen molar-refractivity contribution in [2.75, 3.05) is 0 Å². The second kappa shape index (κ2) is 11.5. The maximum absolute atomic E-state index is 5.34. The van der Waals surface area contributed by atoms with Crippen LogP contribution in [0.1, 0.15) is 25.0 Å². The molecule has 0 atom stereocenters. The van der Waals surface area contributed by atoms with Crippen molar-refractivity contribution in [2.24, 2.45) is 0 Å². The number of rotatable bonds is 4. The Bertz CT molecular complexity index is 3140. The van der Waals surface area contributed by atoms with Crippen molar-refractivity contribution in [1.82, 2.24) is 19.5 Å². The topological polar surface area (TPSA) is 43.6 Å². The van der Waals surface area contributed by atoms with Gasteiger partial charge in [0.05, 0.1) is 11.0 Å². The fourth-order valence-corrected chi connectivity index (χ4v) is 8.79. The number of benzene rings is 8. The molecule has 11 rings (SSSR count). The van der Waals surface area contributed by atoms with Gasteiger partial charge in [0, 0.05) is 32.9 Å². The Labute approximate surface area is 313 Å². The van der Waals surface area contributed by atoms with E-state index in [1.165, 1.54) is 49.4 Å². The lowest BCUT2D eigenvalue weighted by Gasteiger charge is -2.22. The molecule has 0 saturated heterocycles. The molecular weight excluding hydrogens is 657 g/mol. The number of fused-ring (bicyclic) bond motifs is 9. The summed E-state index contributed by atoms with van der Waals surface area (Å²) in [5, 5.41) is 7.07. The third-order valence-electron chi connectivity index (χ3n) is 11.4. The first-order valence-electron chi connectivity index (χ1n) is 18.5. The van der Waals surface area contributed by atoms with Crippen molar-refractivity contribution in [3.63, 3.8) is 0 Å². The predicted molar refractivity (Wildman–Crippen MR) is 223 cm³/mol. The van der Waals surface area contributed by atoms with Crippen molar-refractivity contribution in [3.8, 4) is 51.0 Å². The summed E-state index contributed by atoms with van der Waals surface area (Å²) in [6.07, 6.45) is 0. The average Bonchev–Trinajstić information content (AvgIpc) is 3.69. The Balaban J connectivity index is 1.23. The van der Waals surface area contributed by atoms with Crippen LogP contribution in [0.3, 0.4) is 0 Å². The molecule has 0 aliphatic heterocycles. The molecular formula is C50H34N4. The smallest absolute Gasteiger partial charge is 0.238 e. The summed E-state index contributed by atoms with van der Waals surface area (Å²) in [4.78, 5) is 15.8. The quantitative estimate of drug-likeness (QED) is 0.185. The van der Waals surface area contributed by atoms with Crippen LogP contribution in [0, 0.1) is 0 Å². The van der Waals surface area contributed by atoms with E-state index in [4.69, 9.17) is 15.0 Å². The van der Waals surface area contributed by atoms with Gasteiger partial charge in [-0.25, -0.2) is 4.98 Å². The molecule has 2 aromatic heterocycles. The fraction of sp³-hybridized carbons (Fsp3) is 0.0600. The Kier molecular flexibility index (Phi) is 6.56. The molecule has 4 heteroatoms. The number of nitrogens with zero attached hydrogens (tertiary/aromatic N) is 4. The van der Waals surface area contributed by atoms with Gasteiger partial charge in [-0.2, -0.15) is 9.97 Å². The highest BCUT2D eigenvalue weighted by atomic mass is 15.2. The number of aromatic nitrogens is 4. The second-order valence-corrected chi connectivity index (χ2v) is 14.9. The molecule has 254 valence electrons. The molecule has 1 aliphatic rings. The first-order chi connectivity index (χ1) is 26.5. The summed E-state index contributed by atoms with van der Waals surface area (Å²) in [6, 6.07) is 60.7. The van der Waals surface area contributed by atoms with E-state index in [1.54, 1.807) is 0 Å². The van der Waals surface area contributed by atoms with Crippen LogP contribution in [-0.2, 0) is 5.41 Å². The van der Waals surface area contributed by atoms with Crippen molar-refractivity contribution in [3.05, 3.63) is 181 Å². The van der Waals surface area contributed by atoms with E-state index >= 15 is 0 Å². The molecule has 0 amide bonds. The molecule has 8 aromatic carbocycles. The van der Waals surface area contributed by atoms with E-state index < -0.39 is 0 Å². The van der Waals surface area contributed by atoms with Gasteiger partial charge in [-0.3, -0.25) is 4.57 Å². The lowest BCUT2D eigenvalue weighted by molar-refractivity contribution is 0.660. The Hall–Kier alpha value is -6.91. The zero-order chi connectivity index (χ0) is 36.0. The SMILES string of the molecule is CC1(C)c2ccccc2-c2ccc(-c3cccc4c5c6ccccc6ccc5n(-c5nc(-c6ccccc6)nc(-c6ccc7ccccc7c6)n5)c34)cc21. The van der Waals surface area contributed by atoms with Crippen LogP contribution < -0.4 is 0 Å². The third kappa shape index (κ3) is 4.53. The zero-order valence-electron chi connectivity index (χ0n) is 30.0. The second-order valence-electron chi connectivity index (χ2n) is 14.9. The normalized spacial score (nSPS) is 13.1. The van der Waals surface area contributed by atoms with Gasteiger partial charge in [0.2, 0.25) is 5.95 Å². The largest absolute Gasteiger partial charge is 0.277 e. The highest BCUT2D eigenvalue weighted by molar-refractivity contribution is 6.23. The maximum atomic E-state index is 5.34. The summed E-state index contributed by atoms with van der Waals surface area (Å²) in [5.74, 6) is 1.85. The van der Waals surface area contributed by atoms with Crippen LogP contribution in [0.2, 0.25) is 0 Å². The van der Waals surface area contributed by atoms with Crippen LogP contribution in [0.15, 0.2) is 170 Å². The Morgan fingerprint density at radius 3 is 1.94 bits per heavy atom. The van der Waals surface area contributed by atoms with Crippen molar-refractivity contribution >= 4 is 43.4 Å². The van der Waals surface area contributed by atoms with Crippen LogP contribution in [0.25, 0.3) is 94.3 Å². The van der Waals surface area contributed by atoms with Crippen LogP contribution >= 0.6 is 0 Å². The van der Waals surface area contributed by atoms with Gasteiger partial charge in [-0.1, -0.05) is 166 Å². The van der Waals surface area contributed by atoms with Crippen molar-refractivity contribution < 1.29 is 0 Å². The Morgan fingerprint density at radius 1 is 0.426 bits per heavy atom. The number of para-hydroxylation sites is 1. The molecule has 0 saturated carbocycles. The van der Waals surface area contributed by atoms with E-state index in [0.717, 1.165) is 38.5 Å². The predicted octanol–water partition coefficient (Wildman–Crippen LogP) is 12.6. The van der Waals surface area contributed by atoms with Crippen LogP contribution in [0.4, 0.5) is 0 Å². The summed E-state index contributed by atoms with van der Waals surface area (Å²) < 4.78 is 2.28. The maximum Gasteiger partial charge on any atom is 0.238 e. The van der Waals surface area contributed by atoms with Crippen LogP contribution in [-0.4, -0.2) is 19.5 Å². The minimum absolute atomic E-state index is 0.119. The molecule has 0 bridgehead atoms. The third-order valence-corrected chi connectivity index (χ3v) is 11.4. The van der Waals surface area contributed by atoms with Gasteiger partial charge in [0.15, 0.2) is 11.6 Å². The highest BCUT2D eigenvalue weighted by Gasteiger charge is 2.35. The van der Waals surface area contributed by atoms with Gasteiger partial charge >= 0.3 is 0 Å². The standard InChI is InChI=1S/C50H34N4/c1-50(2)42-22-11-10-19-39(42)40-27-25-35(30-43(40)50)38-20-12-21-41-45-37-18-9-8-14-32(37)26-28-44(45)54(46(38)41)49-52-47(33-15-4-3-5-16-33)51-48(53-49)36-24-23-31-13-6-7-17-34(31)29-36/h3-30H,1-2H3. The van der Waals surface area contributed by atoms with Gasteiger partial charge < -0.3 is 0 Å². The average molecular weight is 691 g/mol. The van der Waals surface area contributed by atoms with E-state index in [0.29, 0.717) is 17.6 Å².